The molecule has 100 valence electrons. The van der Waals surface area contributed by atoms with E-state index in [4.69, 9.17) is 27.9 Å². The van der Waals surface area contributed by atoms with Crippen molar-refractivity contribution in [2.75, 3.05) is 18.5 Å². The van der Waals surface area contributed by atoms with Crippen LogP contribution in [-0.4, -0.2) is 28.1 Å². The number of hydrogen-bond donors (Lipinski definition) is 1. The summed E-state index contributed by atoms with van der Waals surface area (Å²) in [6, 6.07) is 9.64. The number of ether oxygens (including phenoxy) is 1. The van der Waals surface area contributed by atoms with Crippen LogP contribution in [0.2, 0.25) is 10.6 Å². The lowest BCUT2D eigenvalue weighted by Crippen LogP contribution is -2.10. The van der Waals surface area contributed by atoms with Gasteiger partial charge in [0.25, 0.3) is 0 Å². The molecule has 0 atom stereocenters. The topological polar surface area (TPSA) is 59.9 Å². The zero-order valence-electron chi connectivity index (χ0n) is 10.0. The standard InChI is InChI=1S/C12H12Cl2N4O/c13-10-16-11(14)18-12(17-10)15-7-4-8-19-9-5-2-1-3-6-9/h1-3,5-6H,4,7-8H2,(H,15,16,17,18). The number of para-hydroxylation sites is 1. The number of nitrogens with zero attached hydrogens (tertiary/aromatic N) is 3. The first-order valence-corrected chi connectivity index (χ1v) is 6.48. The summed E-state index contributed by atoms with van der Waals surface area (Å²) >= 11 is 11.3. The Labute approximate surface area is 121 Å². The Morgan fingerprint density at radius 3 is 2.37 bits per heavy atom. The zero-order valence-corrected chi connectivity index (χ0v) is 11.5. The van der Waals surface area contributed by atoms with Crippen LogP contribution in [0.25, 0.3) is 0 Å². The summed E-state index contributed by atoms with van der Waals surface area (Å²) in [5.41, 5.74) is 0. The van der Waals surface area contributed by atoms with Gasteiger partial charge >= 0.3 is 0 Å². The van der Waals surface area contributed by atoms with Crippen LogP contribution in [0.1, 0.15) is 6.42 Å². The summed E-state index contributed by atoms with van der Waals surface area (Å²) in [7, 11) is 0. The van der Waals surface area contributed by atoms with Crippen molar-refractivity contribution >= 4 is 29.2 Å². The lowest BCUT2D eigenvalue weighted by molar-refractivity contribution is 0.315. The molecule has 5 nitrogen and oxygen atoms in total. The Morgan fingerprint density at radius 1 is 1.00 bits per heavy atom. The van der Waals surface area contributed by atoms with Gasteiger partial charge in [-0.25, -0.2) is 0 Å². The average molecular weight is 299 g/mol. The lowest BCUT2D eigenvalue weighted by Gasteiger charge is -2.07. The second-order valence-corrected chi connectivity index (χ2v) is 4.32. The predicted molar refractivity (Wildman–Crippen MR) is 74.9 cm³/mol. The normalized spacial score (nSPS) is 10.2. The highest BCUT2D eigenvalue weighted by molar-refractivity contribution is 6.31. The highest BCUT2D eigenvalue weighted by atomic mass is 35.5. The third-order valence-corrected chi connectivity index (χ3v) is 2.54. The van der Waals surface area contributed by atoms with E-state index < -0.39 is 0 Å². The molecule has 0 unspecified atom stereocenters. The van der Waals surface area contributed by atoms with Gasteiger partial charge in [-0.3, -0.25) is 0 Å². The summed E-state index contributed by atoms with van der Waals surface area (Å²) in [5.74, 6) is 1.22. The van der Waals surface area contributed by atoms with Crippen molar-refractivity contribution in [2.24, 2.45) is 0 Å². The molecule has 1 aromatic carbocycles. The number of rotatable bonds is 6. The predicted octanol–water partition coefficient (Wildman–Crippen LogP) is 3.06. The molecule has 0 radical (unpaired) electrons. The number of hydrogen-bond acceptors (Lipinski definition) is 5. The van der Waals surface area contributed by atoms with Gasteiger partial charge in [-0.05, 0) is 41.8 Å². The van der Waals surface area contributed by atoms with Crippen LogP contribution < -0.4 is 10.1 Å². The maximum atomic E-state index is 5.66. The van der Waals surface area contributed by atoms with Crippen LogP contribution in [0.15, 0.2) is 30.3 Å². The van der Waals surface area contributed by atoms with Crippen LogP contribution in [0.5, 0.6) is 5.75 Å². The molecule has 0 amide bonds. The van der Waals surface area contributed by atoms with Crippen molar-refractivity contribution in [3.8, 4) is 5.75 Å². The van der Waals surface area contributed by atoms with Gasteiger partial charge in [-0.1, -0.05) is 18.2 Å². The Bertz CT molecular complexity index is 504. The Balaban J connectivity index is 1.69. The van der Waals surface area contributed by atoms with Gasteiger partial charge in [-0.15, -0.1) is 0 Å². The van der Waals surface area contributed by atoms with Crippen LogP contribution in [0.4, 0.5) is 5.95 Å². The van der Waals surface area contributed by atoms with Crippen molar-refractivity contribution in [2.45, 2.75) is 6.42 Å². The molecule has 0 aliphatic heterocycles. The summed E-state index contributed by atoms with van der Waals surface area (Å²) < 4.78 is 5.55. The second-order valence-electron chi connectivity index (χ2n) is 3.64. The molecule has 0 aliphatic rings. The van der Waals surface area contributed by atoms with Gasteiger partial charge in [0, 0.05) is 6.54 Å². The van der Waals surface area contributed by atoms with E-state index in [1.807, 2.05) is 30.3 Å². The van der Waals surface area contributed by atoms with E-state index in [1.165, 1.54) is 0 Å². The van der Waals surface area contributed by atoms with E-state index in [9.17, 15) is 0 Å². The molecule has 0 spiro atoms. The van der Waals surface area contributed by atoms with Gasteiger partial charge in [0.2, 0.25) is 16.5 Å². The van der Waals surface area contributed by atoms with E-state index in [2.05, 4.69) is 20.3 Å². The molecule has 7 heteroatoms. The van der Waals surface area contributed by atoms with Crippen molar-refractivity contribution in [1.82, 2.24) is 15.0 Å². The fraction of sp³-hybridized carbons (Fsp3) is 0.250. The van der Waals surface area contributed by atoms with Crippen molar-refractivity contribution in [3.05, 3.63) is 40.9 Å². The molecule has 2 rings (SSSR count). The molecule has 0 fully saturated rings. The van der Waals surface area contributed by atoms with Gasteiger partial charge < -0.3 is 10.1 Å². The summed E-state index contributed by atoms with van der Waals surface area (Å²) in [6.45, 7) is 1.26. The Morgan fingerprint density at radius 2 is 1.68 bits per heavy atom. The number of nitrogens with one attached hydrogen (secondary N) is 1. The quantitative estimate of drug-likeness (QED) is 0.831. The van der Waals surface area contributed by atoms with Gasteiger partial charge in [0.1, 0.15) is 5.75 Å². The maximum Gasteiger partial charge on any atom is 0.228 e. The van der Waals surface area contributed by atoms with E-state index in [0.29, 0.717) is 19.1 Å². The first-order valence-electron chi connectivity index (χ1n) is 5.73. The number of halogens is 2. The van der Waals surface area contributed by atoms with Crippen molar-refractivity contribution in [1.29, 1.82) is 0 Å². The minimum Gasteiger partial charge on any atom is -0.494 e. The minimum atomic E-state index is 0.0723. The van der Waals surface area contributed by atoms with E-state index in [1.54, 1.807) is 0 Å². The summed E-state index contributed by atoms with van der Waals surface area (Å²) in [5, 5.41) is 3.15. The number of anilines is 1. The van der Waals surface area contributed by atoms with Crippen LogP contribution >= 0.6 is 23.2 Å². The molecule has 2 aromatic rings. The van der Waals surface area contributed by atoms with Crippen molar-refractivity contribution < 1.29 is 4.74 Å². The molecule has 0 saturated carbocycles. The van der Waals surface area contributed by atoms with Crippen LogP contribution in [0.3, 0.4) is 0 Å². The molecular weight excluding hydrogens is 287 g/mol. The summed E-state index contributed by atoms with van der Waals surface area (Å²) in [6.07, 6.45) is 0.801. The highest BCUT2D eigenvalue weighted by Gasteiger charge is 2.01. The zero-order chi connectivity index (χ0) is 13.5. The number of aromatic nitrogens is 3. The lowest BCUT2D eigenvalue weighted by atomic mass is 10.3. The Kier molecular flexibility index (Phi) is 5.18. The monoisotopic (exact) mass is 298 g/mol. The number of benzene rings is 1. The largest absolute Gasteiger partial charge is 0.494 e. The van der Waals surface area contributed by atoms with E-state index in [0.717, 1.165) is 12.2 Å². The third kappa shape index (κ3) is 4.89. The average Bonchev–Trinajstić information content (AvgIpc) is 2.38. The SMILES string of the molecule is Clc1nc(Cl)nc(NCCCOc2ccccc2)n1. The van der Waals surface area contributed by atoms with Crippen molar-refractivity contribution in [3.63, 3.8) is 0 Å². The minimum absolute atomic E-state index is 0.0723. The molecule has 1 N–H and O–H groups in total. The molecular formula is C12H12Cl2N4O. The molecule has 0 bridgehead atoms. The van der Waals surface area contributed by atoms with E-state index in [-0.39, 0.29) is 10.6 Å². The van der Waals surface area contributed by atoms with Gasteiger partial charge in [0.15, 0.2) is 0 Å². The fourth-order valence-electron chi connectivity index (χ4n) is 1.38. The molecule has 0 saturated heterocycles. The third-order valence-electron chi connectivity index (χ3n) is 2.20. The van der Waals surface area contributed by atoms with Crippen LogP contribution in [0, 0.1) is 0 Å². The van der Waals surface area contributed by atoms with E-state index >= 15 is 0 Å². The first-order chi connectivity index (χ1) is 9.24. The van der Waals surface area contributed by atoms with Crippen LogP contribution in [-0.2, 0) is 0 Å². The molecule has 1 aromatic heterocycles. The fourth-order valence-corrected chi connectivity index (χ4v) is 1.75. The molecule has 1 heterocycles. The highest BCUT2D eigenvalue weighted by Crippen LogP contribution is 2.10. The molecule has 19 heavy (non-hydrogen) atoms. The Hall–Kier alpha value is -1.59. The smallest absolute Gasteiger partial charge is 0.228 e. The van der Waals surface area contributed by atoms with Gasteiger partial charge in [0.05, 0.1) is 6.61 Å². The first kappa shape index (κ1) is 13.8. The maximum absolute atomic E-state index is 5.66. The molecule has 0 aliphatic carbocycles. The van der Waals surface area contributed by atoms with Gasteiger partial charge in [-0.2, -0.15) is 15.0 Å². The second kappa shape index (κ2) is 7.11. The summed E-state index contributed by atoms with van der Waals surface area (Å²) in [4.78, 5) is 11.5.